The Morgan fingerprint density at radius 3 is 2.82 bits per heavy atom. The molecule has 1 aromatic heterocycles. The first kappa shape index (κ1) is 16.4. The monoisotopic (exact) mass is 310 g/mol. The Bertz CT molecular complexity index is 555. The molecule has 2 heterocycles. The van der Waals surface area contributed by atoms with Gasteiger partial charge in [-0.2, -0.15) is 5.10 Å². The fourth-order valence-electron chi connectivity index (χ4n) is 2.43. The van der Waals surface area contributed by atoms with Gasteiger partial charge in [-0.05, 0) is 6.92 Å². The highest BCUT2D eigenvalue weighted by atomic mass is 16.5. The van der Waals surface area contributed by atoms with E-state index in [2.05, 4.69) is 19.9 Å². The van der Waals surface area contributed by atoms with Gasteiger partial charge in [0.15, 0.2) is 5.82 Å². The summed E-state index contributed by atoms with van der Waals surface area (Å²) in [7, 11) is 1.32. The molecule has 8 heteroatoms. The molecule has 1 N–H and O–H groups in total. The summed E-state index contributed by atoms with van der Waals surface area (Å²) in [5, 5.41) is 6.85. The van der Waals surface area contributed by atoms with Crippen LogP contribution < -0.4 is 0 Å². The van der Waals surface area contributed by atoms with Crippen LogP contribution in [0.4, 0.5) is 0 Å². The van der Waals surface area contributed by atoms with E-state index in [1.807, 2.05) is 6.92 Å². The minimum Gasteiger partial charge on any atom is -0.469 e. The average Bonchev–Trinajstić information content (AvgIpc) is 2.92. The van der Waals surface area contributed by atoms with Crippen LogP contribution in [0.2, 0.25) is 0 Å². The van der Waals surface area contributed by atoms with Crippen LogP contribution in [0.15, 0.2) is 0 Å². The fourth-order valence-corrected chi connectivity index (χ4v) is 2.43. The van der Waals surface area contributed by atoms with Crippen LogP contribution >= 0.6 is 0 Å². The Balaban J connectivity index is 2.05. The average molecular weight is 310 g/mol. The van der Waals surface area contributed by atoms with Gasteiger partial charge in [-0.3, -0.25) is 14.7 Å². The van der Waals surface area contributed by atoms with Gasteiger partial charge in [-0.15, -0.1) is 0 Å². The third-order valence-corrected chi connectivity index (χ3v) is 3.65. The highest BCUT2D eigenvalue weighted by molar-refractivity contribution is 5.86. The van der Waals surface area contributed by atoms with E-state index < -0.39 is 11.4 Å². The topological polar surface area (TPSA) is 97.4 Å². The second-order valence-corrected chi connectivity index (χ2v) is 6.03. The van der Waals surface area contributed by atoms with Crippen molar-refractivity contribution in [2.24, 2.45) is 5.41 Å². The van der Waals surface area contributed by atoms with Crippen molar-refractivity contribution < 1.29 is 19.1 Å². The lowest BCUT2D eigenvalue weighted by atomic mass is 9.87. The Hall–Kier alpha value is -1.96. The van der Waals surface area contributed by atoms with Gasteiger partial charge < -0.3 is 14.4 Å². The van der Waals surface area contributed by atoms with Crippen molar-refractivity contribution in [3.05, 3.63) is 11.6 Å². The number of hydrogen-bond acceptors (Lipinski definition) is 6. The lowest BCUT2D eigenvalue weighted by molar-refractivity contribution is -0.155. The van der Waals surface area contributed by atoms with Crippen LogP contribution in [0.25, 0.3) is 0 Å². The molecule has 1 fully saturated rings. The summed E-state index contributed by atoms with van der Waals surface area (Å²) in [4.78, 5) is 30.1. The largest absolute Gasteiger partial charge is 0.469 e. The number of aromatic nitrogens is 3. The standard InChI is InChI=1S/C14H22N4O4/c1-9-15-12(17-16-9)10-8-18(5-6-22-10)13(20)14(2,3)7-11(19)21-4/h10H,5-8H2,1-4H3,(H,15,16,17)/t10-/m0/s1. The number of ether oxygens (including phenoxy) is 2. The zero-order chi connectivity index (χ0) is 16.3. The molecule has 0 spiro atoms. The molecule has 1 atom stereocenters. The molecule has 0 aromatic carbocycles. The molecule has 0 saturated carbocycles. The molecule has 1 amide bonds. The maximum absolute atomic E-state index is 12.7. The van der Waals surface area contributed by atoms with Crippen molar-refractivity contribution in [2.75, 3.05) is 26.8 Å². The minimum atomic E-state index is -0.816. The van der Waals surface area contributed by atoms with Gasteiger partial charge >= 0.3 is 5.97 Å². The van der Waals surface area contributed by atoms with Crippen molar-refractivity contribution in [1.82, 2.24) is 20.1 Å². The molecule has 0 radical (unpaired) electrons. The molecule has 1 saturated heterocycles. The second-order valence-electron chi connectivity index (χ2n) is 6.03. The van der Waals surface area contributed by atoms with Gasteiger partial charge in [0.05, 0.1) is 32.1 Å². The molecule has 0 unspecified atom stereocenters. The van der Waals surface area contributed by atoms with E-state index in [0.29, 0.717) is 31.3 Å². The summed E-state index contributed by atoms with van der Waals surface area (Å²) in [6.45, 7) is 6.57. The molecule has 0 aliphatic carbocycles. The number of nitrogens with one attached hydrogen (secondary N) is 1. The number of rotatable bonds is 4. The number of H-pyrrole nitrogens is 1. The van der Waals surface area contributed by atoms with Gasteiger partial charge in [-0.1, -0.05) is 13.8 Å². The molecule has 8 nitrogen and oxygen atoms in total. The number of aromatic amines is 1. The van der Waals surface area contributed by atoms with E-state index in [9.17, 15) is 9.59 Å². The maximum atomic E-state index is 12.7. The van der Waals surface area contributed by atoms with Gasteiger partial charge in [0.25, 0.3) is 0 Å². The fraction of sp³-hybridized carbons (Fsp3) is 0.714. The van der Waals surface area contributed by atoms with E-state index in [0.717, 1.165) is 0 Å². The predicted molar refractivity (Wildman–Crippen MR) is 76.8 cm³/mol. The summed E-state index contributed by atoms with van der Waals surface area (Å²) in [6, 6.07) is 0. The highest BCUT2D eigenvalue weighted by Gasteiger charge is 2.37. The van der Waals surface area contributed by atoms with Crippen molar-refractivity contribution in [3.8, 4) is 0 Å². The van der Waals surface area contributed by atoms with Crippen LogP contribution in [-0.4, -0.2) is 58.8 Å². The maximum Gasteiger partial charge on any atom is 0.306 e. The van der Waals surface area contributed by atoms with E-state index in [1.54, 1.807) is 18.7 Å². The van der Waals surface area contributed by atoms with E-state index in [-0.39, 0.29) is 18.4 Å². The first-order valence-electron chi connectivity index (χ1n) is 7.20. The van der Waals surface area contributed by atoms with Gasteiger partial charge in [0, 0.05) is 6.54 Å². The number of carbonyl (C=O) groups is 2. The van der Waals surface area contributed by atoms with Gasteiger partial charge in [-0.25, -0.2) is 4.98 Å². The Morgan fingerprint density at radius 1 is 1.50 bits per heavy atom. The molecule has 1 aromatic rings. The molecule has 1 aliphatic heterocycles. The third-order valence-electron chi connectivity index (χ3n) is 3.65. The predicted octanol–water partition coefficient (Wildman–Crippen LogP) is 0.602. The van der Waals surface area contributed by atoms with Crippen molar-refractivity contribution in [3.63, 3.8) is 0 Å². The van der Waals surface area contributed by atoms with Crippen LogP contribution in [0.3, 0.4) is 0 Å². The number of amides is 1. The molecule has 1 aliphatic rings. The number of nitrogens with zero attached hydrogens (tertiary/aromatic N) is 3. The smallest absolute Gasteiger partial charge is 0.306 e. The van der Waals surface area contributed by atoms with E-state index >= 15 is 0 Å². The quantitative estimate of drug-likeness (QED) is 0.818. The number of aryl methyl sites for hydroxylation is 1. The summed E-state index contributed by atoms with van der Waals surface area (Å²) < 4.78 is 10.3. The lowest BCUT2D eigenvalue weighted by Gasteiger charge is -2.36. The lowest BCUT2D eigenvalue weighted by Crippen LogP contribution is -2.48. The number of carbonyl (C=O) groups excluding carboxylic acids is 2. The van der Waals surface area contributed by atoms with E-state index in [4.69, 9.17) is 4.74 Å². The first-order valence-corrected chi connectivity index (χ1v) is 7.20. The Kier molecular flexibility index (Phi) is 4.80. The summed E-state index contributed by atoms with van der Waals surface area (Å²) >= 11 is 0. The molecule has 0 bridgehead atoms. The minimum absolute atomic E-state index is 0.0458. The summed E-state index contributed by atoms with van der Waals surface area (Å²) in [6.07, 6.45) is -0.305. The summed E-state index contributed by atoms with van der Waals surface area (Å²) in [5.74, 6) is 0.750. The zero-order valence-electron chi connectivity index (χ0n) is 13.4. The summed E-state index contributed by atoms with van der Waals surface area (Å²) in [5.41, 5.74) is -0.816. The van der Waals surface area contributed by atoms with Crippen molar-refractivity contribution in [1.29, 1.82) is 0 Å². The number of morpholine rings is 1. The molecule has 22 heavy (non-hydrogen) atoms. The van der Waals surface area contributed by atoms with Crippen LogP contribution in [0.5, 0.6) is 0 Å². The van der Waals surface area contributed by atoms with Crippen molar-refractivity contribution >= 4 is 11.9 Å². The Morgan fingerprint density at radius 2 is 2.23 bits per heavy atom. The van der Waals surface area contributed by atoms with Crippen molar-refractivity contribution in [2.45, 2.75) is 33.3 Å². The molecular formula is C14H22N4O4. The normalized spacial score (nSPS) is 19.1. The highest BCUT2D eigenvalue weighted by Crippen LogP contribution is 2.27. The zero-order valence-corrected chi connectivity index (χ0v) is 13.4. The van der Waals surface area contributed by atoms with Gasteiger partial charge in [0.2, 0.25) is 5.91 Å². The van der Waals surface area contributed by atoms with Crippen LogP contribution in [-0.2, 0) is 19.1 Å². The SMILES string of the molecule is COC(=O)CC(C)(C)C(=O)N1CCO[C@H](c2n[nH]c(C)n2)C1. The number of methoxy groups -OCH3 is 1. The number of hydrogen-bond donors (Lipinski definition) is 1. The molecule has 2 rings (SSSR count). The van der Waals surface area contributed by atoms with E-state index in [1.165, 1.54) is 7.11 Å². The third kappa shape index (κ3) is 3.62. The van der Waals surface area contributed by atoms with Crippen LogP contribution in [0.1, 0.15) is 38.0 Å². The first-order chi connectivity index (χ1) is 10.3. The van der Waals surface area contributed by atoms with Crippen LogP contribution in [0, 0.1) is 12.3 Å². The molecule has 122 valence electrons. The Labute approximate surface area is 129 Å². The molecular weight excluding hydrogens is 288 g/mol. The second kappa shape index (κ2) is 6.43. The van der Waals surface area contributed by atoms with Gasteiger partial charge in [0.1, 0.15) is 11.9 Å². The number of esters is 1.